The van der Waals surface area contributed by atoms with Gasteiger partial charge in [-0.05, 0) is 17.6 Å². The maximum absolute atomic E-state index is 6.97. The van der Waals surface area contributed by atoms with Crippen LogP contribution in [0.3, 0.4) is 0 Å². The highest BCUT2D eigenvalue weighted by molar-refractivity contribution is 6.23. The highest BCUT2D eigenvalue weighted by atomic mass is 14.8. The van der Waals surface area contributed by atoms with Gasteiger partial charge in [-0.3, -0.25) is 0 Å². The van der Waals surface area contributed by atoms with E-state index in [4.69, 9.17) is 5.41 Å². The summed E-state index contributed by atoms with van der Waals surface area (Å²) in [7, 11) is 3.85. The second-order valence-electron chi connectivity index (χ2n) is 1.90. The molecule has 0 rings (SSSR count). The van der Waals surface area contributed by atoms with E-state index in [-0.39, 0.29) is 0 Å². The summed E-state index contributed by atoms with van der Waals surface area (Å²) in [6.45, 7) is 2.04. The van der Waals surface area contributed by atoms with Crippen molar-refractivity contribution in [2.75, 3.05) is 7.05 Å². The average molecular weight is 124 g/mol. The van der Waals surface area contributed by atoms with Crippen molar-refractivity contribution in [1.29, 1.82) is 5.41 Å². The van der Waals surface area contributed by atoms with Gasteiger partial charge in [0.05, 0.1) is 0 Å². The fraction of sp³-hybridized carbons (Fsp3) is 0.500. The van der Waals surface area contributed by atoms with Gasteiger partial charge >= 0.3 is 0 Å². The molecule has 0 fully saturated rings. The molecule has 50 valence electrons. The van der Waals surface area contributed by atoms with E-state index in [2.05, 4.69) is 5.32 Å². The monoisotopic (exact) mass is 124 g/mol. The van der Waals surface area contributed by atoms with Crippen molar-refractivity contribution in [2.24, 2.45) is 0 Å². The van der Waals surface area contributed by atoms with Crippen LogP contribution in [-0.4, -0.2) is 21.1 Å². The largest absolute Gasteiger partial charge is 0.399 e. The van der Waals surface area contributed by atoms with Crippen LogP contribution in [0, 0.1) is 5.41 Å². The predicted octanol–water partition coefficient (Wildman–Crippen LogP) is 0.110. The molecule has 2 nitrogen and oxygen atoms in total. The number of rotatable bonds is 3. The van der Waals surface area contributed by atoms with E-state index >= 15 is 0 Å². The molecule has 0 radical (unpaired) electrons. The first kappa shape index (κ1) is 8.27. The Morgan fingerprint density at radius 3 is 2.44 bits per heavy atom. The first-order chi connectivity index (χ1) is 4.26. The van der Waals surface area contributed by atoms with Gasteiger partial charge in [0.15, 0.2) is 7.85 Å². The first-order valence-electron chi connectivity index (χ1n) is 3.14. The van der Waals surface area contributed by atoms with Crippen LogP contribution in [0.2, 0.25) is 0 Å². The van der Waals surface area contributed by atoms with Gasteiger partial charge in [-0.25, -0.2) is 0 Å². The Kier molecular flexibility index (Phi) is 3.85. The number of nitrogens with one attached hydrogen (secondary N) is 2. The van der Waals surface area contributed by atoms with E-state index in [1.165, 1.54) is 6.21 Å². The molecule has 0 aliphatic carbocycles. The third kappa shape index (κ3) is 2.35. The van der Waals surface area contributed by atoms with Crippen molar-refractivity contribution in [3.63, 3.8) is 0 Å². The Labute approximate surface area is 57.3 Å². The van der Waals surface area contributed by atoms with Crippen LogP contribution in [0.15, 0.2) is 11.2 Å². The summed E-state index contributed by atoms with van der Waals surface area (Å²) in [5.41, 5.74) is 2.16. The molecule has 0 amide bonds. The van der Waals surface area contributed by atoms with E-state index in [9.17, 15) is 0 Å². The topological polar surface area (TPSA) is 35.9 Å². The second-order valence-corrected chi connectivity index (χ2v) is 1.90. The summed E-state index contributed by atoms with van der Waals surface area (Å²) in [5, 5.41) is 9.97. The molecule has 2 N–H and O–H groups in total. The Morgan fingerprint density at radius 1 is 1.78 bits per heavy atom. The molecule has 0 bridgehead atoms. The fourth-order valence-corrected chi connectivity index (χ4v) is 0.636. The highest BCUT2D eigenvalue weighted by Gasteiger charge is 1.91. The quantitative estimate of drug-likeness (QED) is 0.406. The molecule has 9 heavy (non-hydrogen) atoms. The van der Waals surface area contributed by atoms with Crippen LogP contribution in [-0.2, 0) is 0 Å². The van der Waals surface area contributed by atoms with Gasteiger partial charge in [0, 0.05) is 13.3 Å². The van der Waals surface area contributed by atoms with Crippen LogP contribution in [0.5, 0.6) is 0 Å². The van der Waals surface area contributed by atoms with E-state index in [0.29, 0.717) is 0 Å². The predicted molar refractivity (Wildman–Crippen MR) is 43.7 cm³/mol. The smallest absolute Gasteiger partial charge is 0.160 e. The zero-order valence-corrected chi connectivity index (χ0v) is 6.28. The van der Waals surface area contributed by atoms with Crippen molar-refractivity contribution >= 4 is 14.1 Å². The van der Waals surface area contributed by atoms with Crippen LogP contribution in [0.4, 0.5) is 0 Å². The summed E-state index contributed by atoms with van der Waals surface area (Å²) in [4.78, 5) is 0. The van der Waals surface area contributed by atoms with Crippen molar-refractivity contribution in [3.8, 4) is 0 Å². The molecule has 0 saturated heterocycles. The molecule has 0 saturated carbocycles. The molecule has 0 atom stereocenters. The molecule has 0 aliphatic rings. The van der Waals surface area contributed by atoms with Gasteiger partial charge in [0.2, 0.25) is 0 Å². The molecular formula is C6H13BN2. The number of allylic oxidation sites excluding steroid dienone is 1. The molecule has 0 aromatic carbocycles. The van der Waals surface area contributed by atoms with Crippen LogP contribution >= 0.6 is 0 Å². The maximum atomic E-state index is 6.97. The highest BCUT2D eigenvalue weighted by Crippen LogP contribution is 1.98. The summed E-state index contributed by atoms with van der Waals surface area (Å²) >= 11 is 0. The van der Waals surface area contributed by atoms with Gasteiger partial charge in [0.25, 0.3) is 0 Å². The average Bonchev–Trinajstić information content (AvgIpc) is 1.90. The van der Waals surface area contributed by atoms with E-state index in [0.717, 1.165) is 17.6 Å². The lowest BCUT2D eigenvalue weighted by atomic mass is 9.97. The van der Waals surface area contributed by atoms with Crippen LogP contribution < -0.4 is 5.32 Å². The fourth-order valence-electron chi connectivity index (χ4n) is 0.636. The minimum Gasteiger partial charge on any atom is -0.399 e. The lowest BCUT2D eigenvalue weighted by Gasteiger charge is -2.02. The molecule has 0 unspecified atom stereocenters. The SMILES string of the molecule is B/C(NC)=C(/C=N)CC. The lowest BCUT2D eigenvalue weighted by molar-refractivity contribution is 1.02. The van der Waals surface area contributed by atoms with E-state index < -0.39 is 0 Å². The molecule has 0 spiro atoms. The van der Waals surface area contributed by atoms with Gasteiger partial charge < -0.3 is 10.7 Å². The molecular weight excluding hydrogens is 111 g/mol. The summed E-state index contributed by atoms with van der Waals surface area (Å²) in [6, 6.07) is 0. The summed E-state index contributed by atoms with van der Waals surface area (Å²) in [6.07, 6.45) is 2.32. The van der Waals surface area contributed by atoms with E-state index in [1.807, 2.05) is 21.8 Å². The van der Waals surface area contributed by atoms with Crippen LogP contribution in [0.25, 0.3) is 0 Å². The van der Waals surface area contributed by atoms with Crippen molar-refractivity contribution in [1.82, 2.24) is 5.32 Å². The first-order valence-corrected chi connectivity index (χ1v) is 3.14. The minimum atomic E-state index is 0.927. The third-order valence-corrected chi connectivity index (χ3v) is 1.41. The van der Waals surface area contributed by atoms with Crippen LogP contribution in [0.1, 0.15) is 13.3 Å². The second kappa shape index (κ2) is 4.18. The zero-order valence-electron chi connectivity index (χ0n) is 6.28. The van der Waals surface area contributed by atoms with Crippen molar-refractivity contribution in [2.45, 2.75) is 13.3 Å². The van der Waals surface area contributed by atoms with Crippen molar-refractivity contribution in [3.05, 3.63) is 11.2 Å². The summed E-state index contributed by atoms with van der Waals surface area (Å²) in [5.74, 6) is 0. The van der Waals surface area contributed by atoms with Gasteiger partial charge in [-0.2, -0.15) is 0 Å². The van der Waals surface area contributed by atoms with Gasteiger partial charge in [-0.15, -0.1) is 0 Å². The van der Waals surface area contributed by atoms with E-state index in [1.54, 1.807) is 0 Å². The summed E-state index contributed by atoms with van der Waals surface area (Å²) < 4.78 is 0. The standard InChI is InChI=1S/C6H13BN2/c1-3-5(4-8)6(7)9-2/h4,8-9H,3,7H2,1-2H3/b6-5-,8-4?. The normalized spacial score (nSPS) is 12.2. The molecule has 0 aromatic rings. The number of hydrogen-bond acceptors (Lipinski definition) is 2. The third-order valence-electron chi connectivity index (χ3n) is 1.41. The zero-order chi connectivity index (χ0) is 7.28. The van der Waals surface area contributed by atoms with Gasteiger partial charge in [0.1, 0.15) is 0 Å². The molecule has 0 aromatic heterocycles. The van der Waals surface area contributed by atoms with Crippen molar-refractivity contribution < 1.29 is 0 Å². The Bertz CT molecular complexity index is 129. The number of hydrogen-bond donors (Lipinski definition) is 2. The lowest BCUT2D eigenvalue weighted by Crippen LogP contribution is -2.09. The molecule has 0 heterocycles. The van der Waals surface area contributed by atoms with Gasteiger partial charge in [-0.1, -0.05) is 6.92 Å². The Balaban J connectivity index is 4.18. The molecule has 3 heteroatoms. The minimum absolute atomic E-state index is 0.927. The molecule has 0 aliphatic heterocycles. The maximum Gasteiger partial charge on any atom is 0.160 e. The Hall–Kier alpha value is -0.725. The Morgan fingerprint density at radius 2 is 2.33 bits per heavy atom.